The Labute approximate surface area is 122 Å². The zero-order valence-corrected chi connectivity index (χ0v) is 12.6. The van der Waals surface area contributed by atoms with Gasteiger partial charge in [0.05, 0.1) is 6.61 Å². The van der Waals surface area contributed by atoms with E-state index in [-0.39, 0.29) is 0 Å². The highest BCUT2D eigenvalue weighted by Gasteiger charge is 1.97. The summed E-state index contributed by atoms with van der Waals surface area (Å²) in [6.07, 6.45) is 1.03. The lowest BCUT2D eigenvalue weighted by molar-refractivity contribution is 0.317. The highest BCUT2D eigenvalue weighted by molar-refractivity contribution is 9.10. The van der Waals surface area contributed by atoms with Crippen LogP contribution in [-0.4, -0.2) is 6.61 Å². The first-order valence-electron chi connectivity index (χ1n) is 6.49. The number of nitrogens with one attached hydrogen (secondary N) is 1. The first kappa shape index (κ1) is 13.9. The summed E-state index contributed by atoms with van der Waals surface area (Å²) in [6.45, 7) is 3.69. The van der Waals surface area contributed by atoms with E-state index in [1.807, 2.05) is 36.4 Å². The van der Waals surface area contributed by atoms with E-state index in [2.05, 4.69) is 40.3 Å². The number of halogens is 1. The van der Waals surface area contributed by atoms with Crippen LogP contribution in [0.2, 0.25) is 0 Å². The van der Waals surface area contributed by atoms with Crippen molar-refractivity contribution in [3.05, 3.63) is 58.6 Å². The molecule has 1 N–H and O–H groups in total. The molecule has 19 heavy (non-hydrogen) atoms. The molecule has 2 aromatic carbocycles. The lowest BCUT2D eigenvalue weighted by atomic mass is 10.2. The van der Waals surface area contributed by atoms with Gasteiger partial charge in [-0.1, -0.05) is 35.0 Å². The summed E-state index contributed by atoms with van der Waals surface area (Å²) in [6, 6.07) is 16.4. The van der Waals surface area contributed by atoms with Crippen LogP contribution in [0.5, 0.6) is 5.75 Å². The lowest BCUT2D eigenvalue weighted by Gasteiger charge is -2.09. The van der Waals surface area contributed by atoms with Gasteiger partial charge < -0.3 is 10.1 Å². The molecule has 3 heteroatoms. The van der Waals surface area contributed by atoms with Crippen LogP contribution < -0.4 is 10.1 Å². The molecule has 0 amide bonds. The Bertz CT molecular complexity index is 510. The quantitative estimate of drug-likeness (QED) is 0.821. The van der Waals surface area contributed by atoms with E-state index in [1.165, 1.54) is 5.56 Å². The Balaban J connectivity index is 1.89. The molecule has 0 radical (unpaired) electrons. The summed E-state index contributed by atoms with van der Waals surface area (Å²) in [5.74, 6) is 0.926. The Morgan fingerprint density at radius 2 is 1.89 bits per heavy atom. The number of hydrogen-bond acceptors (Lipinski definition) is 2. The largest absolute Gasteiger partial charge is 0.494 e. The van der Waals surface area contributed by atoms with Crippen molar-refractivity contribution in [1.82, 2.24) is 0 Å². The second-order valence-corrected chi connectivity index (χ2v) is 5.27. The fourth-order valence-corrected chi connectivity index (χ4v) is 2.19. The minimum absolute atomic E-state index is 0.769. The van der Waals surface area contributed by atoms with Gasteiger partial charge in [0.2, 0.25) is 0 Å². The maximum atomic E-state index is 5.55. The zero-order valence-electron chi connectivity index (χ0n) is 11.0. The summed E-state index contributed by atoms with van der Waals surface area (Å²) in [5, 5.41) is 3.40. The van der Waals surface area contributed by atoms with Crippen LogP contribution in [0.15, 0.2) is 53.0 Å². The molecule has 0 atom stereocenters. The average molecular weight is 320 g/mol. The number of ether oxygens (including phenoxy) is 1. The number of hydrogen-bond donors (Lipinski definition) is 1. The number of rotatable bonds is 6. The van der Waals surface area contributed by atoms with Crippen LogP contribution in [0, 0.1) is 0 Å². The molecular formula is C16H18BrNO. The number of anilines is 1. The van der Waals surface area contributed by atoms with Crippen molar-refractivity contribution in [2.24, 2.45) is 0 Å². The van der Waals surface area contributed by atoms with Gasteiger partial charge in [-0.25, -0.2) is 0 Å². The lowest BCUT2D eigenvalue weighted by Crippen LogP contribution is -1.99. The van der Waals surface area contributed by atoms with E-state index in [0.717, 1.165) is 35.5 Å². The molecule has 2 nitrogen and oxygen atoms in total. The maximum absolute atomic E-state index is 5.55. The predicted octanol–water partition coefficient (Wildman–Crippen LogP) is 4.85. The Kier molecular flexibility index (Phi) is 5.28. The first-order valence-corrected chi connectivity index (χ1v) is 7.28. The average Bonchev–Trinajstić information content (AvgIpc) is 2.44. The summed E-state index contributed by atoms with van der Waals surface area (Å²) in [5.41, 5.74) is 2.35. The molecular weight excluding hydrogens is 302 g/mol. The van der Waals surface area contributed by atoms with Gasteiger partial charge in [-0.15, -0.1) is 0 Å². The molecule has 0 bridgehead atoms. The monoisotopic (exact) mass is 319 g/mol. The van der Waals surface area contributed by atoms with Crippen LogP contribution in [-0.2, 0) is 6.54 Å². The highest BCUT2D eigenvalue weighted by atomic mass is 79.9. The normalized spacial score (nSPS) is 10.2. The molecule has 0 fully saturated rings. The molecule has 0 saturated carbocycles. The van der Waals surface area contributed by atoms with Crippen LogP contribution in [0.1, 0.15) is 18.9 Å². The third-order valence-electron chi connectivity index (χ3n) is 2.71. The van der Waals surface area contributed by atoms with E-state index in [9.17, 15) is 0 Å². The van der Waals surface area contributed by atoms with Gasteiger partial charge in [0.1, 0.15) is 5.75 Å². The van der Waals surface area contributed by atoms with Crippen LogP contribution in [0.3, 0.4) is 0 Å². The van der Waals surface area contributed by atoms with Gasteiger partial charge in [-0.3, -0.25) is 0 Å². The van der Waals surface area contributed by atoms with E-state index < -0.39 is 0 Å². The van der Waals surface area contributed by atoms with E-state index in [4.69, 9.17) is 4.74 Å². The van der Waals surface area contributed by atoms with Crippen LogP contribution >= 0.6 is 15.9 Å². The molecule has 0 aliphatic carbocycles. The third kappa shape index (κ3) is 4.60. The van der Waals surface area contributed by atoms with Gasteiger partial charge in [0.15, 0.2) is 0 Å². The van der Waals surface area contributed by atoms with Crippen molar-refractivity contribution >= 4 is 21.6 Å². The third-order valence-corrected chi connectivity index (χ3v) is 3.21. The Morgan fingerprint density at radius 1 is 1.11 bits per heavy atom. The molecule has 0 aliphatic heterocycles. The maximum Gasteiger partial charge on any atom is 0.119 e. The molecule has 0 unspecified atom stereocenters. The first-order chi connectivity index (χ1) is 9.28. The molecule has 2 aromatic rings. The fourth-order valence-electron chi connectivity index (χ4n) is 1.74. The zero-order chi connectivity index (χ0) is 13.5. The fraction of sp³-hybridized carbons (Fsp3) is 0.250. The van der Waals surface area contributed by atoms with Gasteiger partial charge in [-0.2, -0.15) is 0 Å². The van der Waals surface area contributed by atoms with Crippen LogP contribution in [0.4, 0.5) is 5.69 Å². The topological polar surface area (TPSA) is 21.3 Å². The summed E-state index contributed by atoms with van der Waals surface area (Å²) in [4.78, 5) is 0. The smallest absolute Gasteiger partial charge is 0.119 e. The van der Waals surface area contributed by atoms with Gasteiger partial charge in [0.25, 0.3) is 0 Å². The molecule has 0 heterocycles. The summed E-state index contributed by atoms with van der Waals surface area (Å²) in [7, 11) is 0. The summed E-state index contributed by atoms with van der Waals surface area (Å²) >= 11 is 3.48. The molecule has 0 spiro atoms. The standard InChI is InChI=1S/C16H18BrNO/c1-2-10-19-16-8-6-15(7-9-16)18-12-13-4-3-5-14(17)11-13/h3-9,11,18H,2,10,12H2,1H3. The van der Waals surface area contributed by atoms with Crippen molar-refractivity contribution in [3.63, 3.8) is 0 Å². The number of benzene rings is 2. The van der Waals surface area contributed by atoms with Crippen LogP contribution in [0.25, 0.3) is 0 Å². The molecule has 0 saturated heterocycles. The molecule has 0 aliphatic rings. The Hall–Kier alpha value is -1.48. The van der Waals surface area contributed by atoms with E-state index >= 15 is 0 Å². The van der Waals surface area contributed by atoms with Gasteiger partial charge in [0, 0.05) is 16.7 Å². The van der Waals surface area contributed by atoms with Crippen molar-refractivity contribution < 1.29 is 4.74 Å². The van der Waals surface area contributed by atoms with Crippen molar-refractivity contribution in [3.8, 4) is 5.75 Å². The van der Waals surface area contributed by atoms with Gasteiger partial charge in [-0.05, 0) is 48.4 Å². The van der Waals surface area contributed by atoms with E-state index in [1.54, 1.807) is 0 Å². The summed E-state index contributed by atoms with van der Waals surface area (Å²) < 4.78 is 6.66. The molecule has 2 rings (SSSR count). The van der Waals surface area contributed by atoms with Crippen molar-refractivity contribution in [2.75, 3.05) is 11.9 Å². The minimum Gasteiger partial charge on any atom is -0.494 e. The minimum atomic E-state index is 0.769. The second kappa shape index (κ2) is 7.19. The predicted molar refractivity (Wildman–Crippen MR) is 83.7 cm³/mol. The Morgan fingerprint density at radius 3 is 2.58 bits per heavy atom. The van der Waals surface area contributed by atoms with Gasteiger partial charge >= 0.3 is 0 Å². The van der Waals surface area contributed by atoms with Crippen molar-refractivity contribution in [2.45, 2.75) is 19.9 Å². The molecule has 100 valence electrons. The van der Waals surface area contributed by atoms with Crippen molar-refractivity contribution in [1.29, 1.82) is 0 Å². The molecule has 0 aromatic heterocycles. The van der Waals surface area contributed by atoms with E-state index in [0.29, 0.717) is 0 Å². The highest BCUT2D eigenvalue weighted by Crippen LogP contribution is 2.17. The second-order valence-electron chi connectivity index (χ2n) is 4.36. The SMILES string of the molecule is CCCOc1ccc(NCc2cccc(Br)c2)cc1.